The number of likely N-dealkylation sites (N-methyl/N-ethyl adjacent to an activating group) is 2. The molecule has 1 rings (SSSR count). The molecule has 0 aliphatic carbocycles. The van der Waals surface area contributed by atoms with E-state index >= 15 is 0 Å². The molecule has 0 aromatic heterocycles. The Bertz CT molecular complexity index is 477. The zero-order chi connectivity index (χ0) is 15.7. The summed E-state index contributed by atoms with van der Waals surface area (Å²) < 4.78 is 5.18. The number of hydrogen-bond acceptors (Lipinski definition) is 4. The predicted octanol–water partition coefficient (Wildman–Crippen LogP) is 1.09. The molecule has 2 N–H and O–H groups in total. The number of methoxy groups -OCH3 is 1. The number of anilines is 1. The van der Waals surface area contributed by atoms with E-state index in [1.807, 2.05) is 26.0 Å². The molecule has 6 nitrogen and oxygen atoms in total. The molecular weight excluding hydrogens is 270 g/mol. The van der Waals surface area contributed by atoms with Crippen molar-refractivity contribution in [1.82, 2.24) is 10.2 Å². The van der Waals surface area contributed by atoms with Crippen LogP contribution < -0.4 is 15.4 Å². The first-order valence-electron chi connectivity index (χ1n) is 7.02. The SMILES string of the molecule is CCNC(=O)CN(CC)CC(=O)Nc1ccccc1OC. The first-order valence-corrected chi connectivity index (χ1v) is 7.02. The van der Waals surface area contributed by atoms with Crippen molar-refractivity contribution in [2.24, 2.45) is 0 Å². The van der Waals surface area contributed by atoms with Crippen LogP contribution in [-0.2, 0) is 9.59 Å². The van der Waals surface area contributed by atoms with Gasteiger partial charge < -0.3 is 15.4 Å². The monoisotopic (exact) mass is 293 g/mol. The number of nitrogens with zero attached hydrogens (tertiary/aromatic N) is 1. The largest absolute Gasteiger partial charge is 0.495 e. The molecule has 0 fully saturated rings. The van der Waals surface area contributed by atoms with Gasteiger partial charge in [0, 0.05) is 6.54 Å². The van der Waals surface area contributed by atoms with E-state index in [2.05, 4.69) is 10.6 Å². The summed E-state index contributed by atoms with van der Waals surface area (Å²) in [6.45, 7) is 5.35. The Labute approximate surface area is 125 Å². The molecule has 1 aromatic rings. The summed E-state index contributed by atoms with van der Waals surface area (Å²) in [7, 11) is 1.55. The van der Waals surface area contributed by atoms with Gasteiger partial charge in [-0.3, -0.25) is 14.5 Å². The third kappa shape index (κ3) is 5.83. The van der Waals surface area contributed by atoms with E-state index in [9.17, 15) is 9.59 Å². The zero-order valence-corrected chi connectivity index (χ0v) is 12.8. The molecule has 0 heterocycles. The van der Waals surface area contributed by atoms with Gasteiger partial charge in [0.05, 0.1) is 25.9 Å². The molecule has 116 valence electrons. The molecule has 0 bridgehead atoms. The minimum atomic E-state index is -0.175. The highest BCUT2D eigenvalue weighted by Gasteiger charge is 2.13. The van der Waals surface area contributed by atoms with Gasteiger partial charge in [0.15, 0.2) is 0 Å². The summed E-state index contributed by atoms with van der Waals surface area (Å²) in [4.78, 5) is 25.4. The summed E-state index contributed by atoms with van der Waals surface area (Å²) in [6, 6.07) is 7.21. The van der Waals surface area contributed by atoms with E-state index in [1.165, 1.54) is 0 Å². The van der Waals surface area contributed by atoms with E-state index in [4.69, 9.17) is 4.74 Å². The highest BCUT2D eigenvalue weighted by atomic mass is 16.5. The van der Waals surface area contributed by atoms with Gasteiger partial charge >= 0.3 is 0 Å². The molecule has 6 heteroatoms. The van der Waals surface area contributed by atoms with E-state index < -0.39 is 0 Å². The summed E-state index contributed by atoms with van der Waals surface area (Å²) in [5.74, 6) is 0.354. The van der Waals surface area contributed by atoms with Crippen molar-refractivity contribution >= 4 is 17.5 Å². The fraction of sp³-hybridized carbons (Fsp3) is 0.467. The first-order chi connectivity index (χ1) is 10.1. The molecular formula is C15H23N3O3. The highest BCUT2D eigenvalue weighted by Crippen LogP contribution is 2.22. The number of hydrogen-bond donors (Lipinski definition) is 2. The molecule has 0 spiro atoms. The van der Waals surface area contributed by atoms with Crippen LogP contribution in [0.2, 0.25) is 0 Å². The predicted molar refractivity (Wildman–Crippen MR) is 82.4 cm³/mol. The Hall–Kier alpha value is -2.08. The van der Waals surface area contributed by atoms with Crippen LogP contribution in [0.1, 0.15) is 13.8 Å². The maximum Gasteiger partial charge on any atom is 0.238 e. The average Bonchev–Trinajstić information content (AvgIpc) is 2.47. The van der Waals surface area contributed by atoms with Crippen molar-refractivity contribution in [3.05, 3.63) is 24.3 Å². The van der Waals surface area contributed by atoms with Crippen molar-refractivity contribution in [3.8, 4) is 5.75 Å². The summed E-state index contributed by atoms with van der Waals surface area (Å²) in [5, 5.41) is 5.51. The molecule has 1 aromatic carbocycles. The second-order valence-corrected chi connectivity index (χ2v) is 4.51. The summed E-state index contributed by atoms with van der Waals surface area (Å²) in [5.41, 5.74) is 0.624. The highest BCUT2D eigenvalue weighted by molar-refractivity contribution is 5.94. The number of amides is 2. The Kier molecular flexibility index (Phi) is 7.25. The van der Waals surface area contributed by atoms with Gasteiger partial charge in [-0.05, 0) is 25.6 Å². The van der Waals surface area contributed by atoms with E-state index in [-0.39, 0.29) is 24.9 Å². The van der Waals surface area contributed by atoms with Crippen LogP contribution in [0.15, 0.2) is 24.3 Å². The van der Waals surface area contributed by atoms with Gasteiger partial charge in [0.25, 0.3) is 0 Å². The fourth-order valence-electron chi connectivity index (χ4n) is 1.88. The van der Waals surface area contributed by atoms with E-state index in [0.717, 1.165) is 0 Å². The van der Waals surface area contributed by atoms with Crippen molar-refractivity contribution < 1.29 is 14.3 Å². The average molecular weight is 293 g/mol. The van der Waals surface area contributed by atoms with Crippen LogP contribution in [0.25, 0.3) is 0 Å². The molecule has 0 saturated heterocycles. The van der Waals surface area contributed by atoms with Crippen LogP contribution in [0.3, 0.4) is 0 Å². The van der Waals surface area contributed by atoms with Gasteiger partial charge in [-0.25, -0.2) is 0 Å². The van der Waals surface area contributed by atoms with Gasteiger partial charge in [0.2, 0.25) is 11.8 Å². The van der Waals surface area contributed by atoms with Crippen LogP contribution in [-0.4, -0.2) is 50.0 Å². The van der Waals surface area contributed by atoms with Gasteiger partial charge in [-0.2, -0.15) is 0 Å². The molecule has 0 unspecified atom stereocenters. The maximum atomic E-state index is 12.0. The minimum absolute atomic E-state index is 0.0792. The molecule has 0 aliphatic heterocycles. The van der Waals surface area contributed by atoms with Crippen molar-refractivity contribution in [3.63, 3.8) is 0 Å². The number of nitrogens with one attached hydrogen (secondary N) is 2. The maximum absolute atomic E-state index is 12.0. The molecule has 0 atom stereocenters. The number of para-hydroxylation sites is 2. The lowest BCUT2D eigenvalue weighted by Gasteiger charge is -2.19. The molecule has 0 saturated carbocycles. The smallest absolute Gasteiger partial charge is 0.238 e. The van der Waals surface area contributed by atoms with Crippen molar-refractivity contribution in [1.29, 1.82) is 0 Å². The summed E-state index contributed by atoms with van der Waals surface area (Å²) >= 11 is 0. The van der Waals surface area contributed by atoms with Gasteiger partial charge in [0.1, 0.15) is 5.75 Å². The lowest BCUT2D eigenvalue weighted by Crippen LogP contribution is -2.41. The van der Waals surface area contributed by atoms with E-state index in [0.29, 0.717) is 24.5 Å². The van der Waals surface area contributed by atoms with Crippen LogP contribution in [0.4, 0.5) is 5.69 Å². The Balaban J connectivity index is 2.56. The quantitative estimate of drug-likeness (QED) is 0.753. The number of rotatable bonds is 8. The molecule has 0 radical (unpaired) electrons. The topological polar surface area (TPSA) is 70.7 Å². The summed E-state index contributed by atoms with van der Waals surface area (Å²) in [6.07, 6.45) is 0. The lowest BCUT2D eigenvalue weighted by atomic mass is 10.3. The van der Waals surface area contributed by atoms with Crippen LogP contribution >= 0.6 is 0 Å². The number of ether oxygens (including phenoxy) is 1. The third-order valence-electron chi connectivity index (χ3n) is 2.94. The third-order valence-corrected chi connectivity index (χ3v) is 2.94. The van der Waals surface area contributed by atoms with Crippen LogP contribution in [0.5, 0.6) is 5.75 Å². The fourth-order valence-corrected chi connectivity index (χ4v) is 1.88. The second-order valence-electron chi connectivity index (χ2n) is 4.51. The second kappa shape index (κ2) is 8.97. The minimum Gasteiger partial charge on any atom is -0.495 e. The number of benzene rings is 1. The number of carbonyl (C=O) groups is 2. The van der Waals surface area contributed by atoms with Gasteiger partial charge in [-0.15, -0.1) is 0 Å². The lowest BCUT2D eigenvalue weighted by molar-refractivity contribution is -0.123. The first kappa shape index (κ1) is 17.0. The van der Waals surface area contributed by atoms with Gasteiger partial charge in [-0.1, -0.05) is 19.1 Å². The van der Waals surface area contributed by atoms with E-state index in [1.54, 1.807) is 24.1 Å². The van der Waals surface area contributed by atoms with Crippen molar-refractivity contribution in [2.75, 3.05) is 38.6 Å². The number of carbonyl (C=O) groups excluding carboxylic acids is 2. The van der Waals surface area contributed by atoms with Crippen LogP contribution in [0, 0.1) is 0 Å². The zero-order valence-electron chi connectivity index (χ0n) is 12.8. The Morgan fingerprint density at radius 3 is 2.43 bits per heavy atom. The normalized spacial score (nSPS) is 10.3. The van der Waals surface area contributed by atoms with Crippen molar-refractivity contribution in [2.45, 2.75) is 13.8 Å². The molecule has 2 amide bonds. The molecule has 21 heavy (non-hydrogen) atoms. The standard InChI is InChI=1S/C15H23N3O3/c1-4-16-14(19)10-18(5-2)11-15(20)17-12-8-6-7-9-13(12)21-3/h6-9H,4-5,10-11H2,1-3H3,(H,16,19)(H,17,20). The molecule has 0 aliphatic rings. The Morgan fingerprint density at radius 1 is 1.14 bits per heavy atom. The Morgan fingerprint density at radius 2 is 1.81 bits per heavy atom.